The Kier molecular flexibility index (Phi) is 8.83. The van der Waals surface area contributed by atoms with Crippen LogP contribution in [0.5, 0.6) is 0 Å². The smallest absolute Gasteiger partial charge is 0.0784 e. The van der Waals surface area contributed by atoms with Gasteiger partial charge in [-0.25, -0.2) is 0 Å². The molecule has 0 aliphatic carbocycles. The van der Waals surface area contributed by atoms with Crippen LogP contribution >= 0.6 is 0 Å². The molecule has 0 atom stereocenters. The van der Waals surface area contributed by atoms with Crippen molar-refractivity contribution in [3.63, 3.8) is 0 Å². The van der Waals surface area contributed by atoms with E-state index in [1.165, 1.54) is 75.5 Å². The van der Waals surface area contributed by atoms with Gasteiger partial charge in [0.1, 0.15) is 0 Å². The third-order valence-electron chi connectivity index (χ3n) is 3.70. The first-order valence-corrected chi connectivity index (χ1v) is 6.60. The lowest BCUT2D eigenvalue weighted by atomic mass is 10.1. The molecule has 15 heavy (non-hydrogen) atoms. The van der Waals surface area contributed by atoms with E-state index < -0.39 is 0 Å². The van der Waals surface area contributed by atoms with Gasteiger partial charge >= 0.3 is 0 Å². The lowest BCUT2D eigenvalue weighted by molar-refractivity contribution is -0.914. The Morgan fingerprint density at radius 1 is 0.867 bits per heavy atom. The van der Waals surface area contributed by atoms with Crippen LogP contribution in [-0.4, -0.2) is 31.2 Å². The van der Waals surface area contributed by atoms with Crippen LogP contribution < -0.4 is 17.0 Å². The van der Waals surface area contributed by atoms with Crippen LogP contribution in [0.3, 0.4) is 0 Å². The number of likely N-dealkylation sites (tertiary alicyclic amines) is 1. The summed E-state index contributed by atoms with van der Waals surface area (Å²) in [5.74, 6) is 0. The van der Waals surface area contributed by atoms with Crippen LogP contribution in [0.4, 0.5) is 0 Å². The van der Waals surface area contributed by atoms with Gasteiger partial charge in [0.15, 0.2) is 0 Å². The first-order valence-electron chi connectivity index (χ1n) is 6.60. The molecule has 1 aliphatic rings. The first-order chi connectivity index (χ1) is 6.77. The van der Waals surface area contributed by atoms with E-state index in [4.69, 9.17) is 0 Å². The minimum absolute atomic E-state index is 0. The predicted molar refractivity (Wildman–Crippen MR) is 63.4 cm³/mol. The maximum atomic E-state index is 2.46. The van der Waals surface area contributed by atoms with Crippen LogP contribution in [0.25, 0.3) is 0 Å². The highest BCUT2D eigenvalue weighted by atomic mass is 79.9. The predicted octanol–water partition coefficient (Wildman–Crippen LogP) is 0.591. The van der Waals surface area contributed by atoms with Gasteiger partial charge in [-0.15, -0.1) is 0 Å². The number of hydrogen-bond acceptors (Lipinski definition) is 0. The second-order valence-electron chi connectivity index (χ2n) is 5.27. The molecule has 1 heterocycles. The molecule has 0 aromatic carbocycles. The SMILES string of the molecule is CCCCCCC[N+]1(C)CCCCC1.[Br-]. The average molecular weight is 278 g/mol. The monoisotopic (exact) mass is 277 g/mol. The van der Waals surface area contributed by atoms with Gasteiger partial charge in [-0.05, 0) is 32.1 Å². The Morgan fingerprint density at radius 2 is 1.47 bits per heavy atom. The zero-order chi connectivity index (χ0) is 10.3. The summed E-state index contributed by atoms with van der Waals surface area (Å²) >= 11 is 0. The van der Waals surface area contributed by atoms with E-state index in [9.17, 15) is 0 Å². The molecule has 1 fully saturated rings. The summed E-state index contributed by atoms with van der Waals surface area (Å²) in [4.78, 5) is 0. The number of hydrogen-bond donors (Lipinski definition) is 0. The molecule has 2 heteroatoms. The molecule has 0 spiro atoms. The maximum Gasteiger partial charge on any atom is 0.0784 e. The summed E-state index contributed by atoms with van der Waals surface area (Å²) in [6, 6.07) is 0. The van der Waals surface area contributed by atoms with Crippen molar-refractivity contribution in [2.24, 2.45) is 0 Å². The van der Waals surface area contributed by atoms with Crippen molar-refractivity contribution in [3.8, 4) is 0 Å². The Morgan fingerprint density at radius 3 is 2.07 bits per heavy atom. The quantitative estimate of drug-likeness (QED) is 0.493. The first kappa shape index (κ1) is 15.4. The molecule has 0 saturated carbocycles. The second kappa shape index (κ2) is 8.58. The summed E-state index contributed by atoms with van der Waals surface area (Å²) in [5.41, 5.74) is 0. The van der Waals surface area contributed by atoms with Crippen LogP contribution in [0.2, 0.25) is 0 Å². The molecule has 1 rings (SSSR count). The zero-order valence-electron chi connectivity index (χ0n) is 10.6. The van der Waals surface area contributed by atoms with Crippen LogP contribution in [0.1, 0.15) is 58.3 Å². The Labute approximate surface area is 107 Å². The van der Waals surface area contributed by atoms with E-state index in [0.29, 0.717) is 0 Å². The number of quaternary nitrogens is 1. The lowest BCUT2D eigenvalue weighted by Crippen LogP contribution is -3.00. The lowest BCUT2D eigenvalue weighted by Gasteiger charge is -2.37. The molecular formula is C13H28BrN. The van der Waals surface area contributed by atoms with Crippen LogP contribution in [0.15, 0.2) is 0 Å². The number of halogens is 1. The number of nitrogens with zero attached hydrogens (tertiary/aromatic N) is 1. The molecule has 92 valence electrons. The topological polar surface area (TPSA) is 0 Å². The van der Waals surface area contributed by atoms with E-state index in [-0.39, 0.29) is 17.0 Å². The Balaban J connectivity index is 0.00000196. The van der Waals surface area contributed by atoms with Gasteiger partial charge in [0.05, 0.1) is 26.7 Å². The standard InChI is InChI=1S/C13H28N.BrH/c1-3-4-5-6-8-11-14(2)12-9-7-10-13-14;/h3-13H2,1-2H3;1H/q+1;/p-1. The van der Waals surface area contributed by atoms with Crippen LogP contribution in [-0.2, 0) is 0 Å². The van der Waals surface area contributed by atoms with E-state index in [1.807, 2.05) is 0 Å². The molecule has 0 N–H and O–H groups in total. The fourth-order valence-corrected chi connectivity index (χ4v) is 2.60. The molecule has 1 nitrogen and oxygen atoms in total. The molecule has 0 amide bonds. The van der Waals surface area contributed by atoms with Crippen molar-refractivity contribution in [2.75, 3.05) is 26.7 Å². The largest absolute Gasteiger partial charge is 1.00 e. The van der Waals surface area contributed by atoms with Crippen molar-refractivity contribution in [2.45, 2.75) is 58.3 Å². The van der Waals surface area contributed by atoms with Gasteiger partial charge < -0.3 is 21.5 Å². The molecule has 0 aromatic heterocycles. The fraction of sp³-hybridized carbons (Fsp3) is 1.00. The van der Waals surface area contributed by atoms with E-state index in [2.05, 4.69) is 14.0 Å². The normalized spacial score (nSPS) is 19.6. The van der Waals surface area contributed by atoms with Crippen molar-refractivity contribution in [1.29, 1.82) is 0 Å². The molecule has 0 aromatic rings. The minimum Gasteiger partial charge on any atom is -1.00 e. The van der Waals surface area contributed by atoms with E-state index in [1.54, 1.807) is 0 Å². The highest BCUT2D eigenvalue weighted by Crippen LogP contribution is 2.17. The number of unbranched alkanes of at least 4 members (excludes halogenated alkanes) is 4. The summed E-state index contributed by atoms with van der Waals surface area (Å²) in [6.45, 7) is 6.60. The van der Waals surface area contributed by atoms with Gasteiger partial charge in [0.25, 0.3) is 0 Å². The van der Waals surface area contributed by atoms with Gasteiger partial charge in [0.2, 0.25) is 0 Å². The molecule has 0 unspecified atom stereocenters. The third-order valence-corrected chi connectivity index (χ3v) is 3.70. The molecule has 0 bridgehead atoms. The van der Waals surface area contributed by atoms with Gasteiger partial charge in [0, 0.05) is 0 Å². The Bertz CT molecular complexity index is 141. The van der Waals surface area contributed by atoms with Crippen molar-refractivity contribution in [1.82, 2.24) is 0 Å². The van der Waals surface area contributed by atoms with Gasteiger partial charge in [-0.3, -0.25) is 0 Å². The molecule has 1 saturated heterocycles. The summed E-state index contributed by atoms with van der Waals surface area (Å²) in [5, 5.41) is 0. The second-order valence-corrected chi connectivity index (χ2v) is 5.27. The molecule has 0 radical (unpaired) electrons. The Hall–Kier alpha value is 0.440. The molecule has 1 aliphatic heterocycles. The zero-order valence-corrected chi connectivity index (χ0v) is 12.2. The van der Waals surface area contributed by atoms with Crippen molar-refractivity contribution >= 4 is 0 Å². The van der Waals surface area contributed by atoms with E-state index in [0.717, 1.165) is 0 Å². The highest BCUT2D eigenvalue weighted by molar-refractivity contribution is 4.52. The summed E-state index contributed by atoms with van der Waals surface area (Å²) in [6.07, 6.45) is 11.6. The summed E-state index contributed by atoms with van der Waals surface area (Å²) < 4.78 is 1.37. The minimum atomic E-state index is 0. The molecular weight excluding hydrogens is 250 g/mol. The average Bonchev–Trinajstić information content (AvgIpc) is 2.18. The van der Waals surface area contributed by atoms with Gasteiger partial charge in [-0.1, -0.05) is 26.2 Å². The maximum absolute atomic E-state index is 2.46. The van der Waals surface area contributed by atoms with Gasteiger partial charge in [-0.2, -0.15) is 0 Å². The fourth-order valence-electron chi connectivity index (χ4n) is 2.60. The number of piperidine rings is 1. The third kappa shape index (κ3) is 6.57. The highest BCUT2D eigenvalue weighted by Gasteiger charge is 2.23. The van der Waals surface area contributed by atoms with Crippen molar-refractivity contribution < 1.29 is 21.5 Å². The van der Waals surface area contributed by atoms with E-state index >= 15 is 0 Å². The summed E-state index contributed by atoms with van der Waals surface area (Å²) in [7, 11) is 2.46. The number of rotatable bonds is 6. The van der Waals surface area contributed by atoms with Crippen LogP contribution in [0, 0.1) is 0 Å². The van der Waals surface area contributed by atoms with Crippen molar-refractivity contribution in [3.05, 3.63) is 0 Å².